The van der Waals surface area contributed by atoms with Crippen LogP contribution in [0.25, 0.3) is 0 Å². The largest absolute Gasteiger partial charge is 0.348 e. The van der Waals surface area contributed by atoms with Crippen molar-refractivity contribution in [2.75, 3.05) is 0 Å². The molecule has 0 spiro atoms. The molecule has 0 saturated carbocycles. The number of aromatic nitrogens is 5. The van der Waals surface area contributed by atoms with Gasteiger partial charge in [-0.2, -0.15) is 0 Å². The second kappa shape index (κ2) is 7.81. The summed E-state index contributed by atoms with van der Waals surface area (Å²) in [5, 5.41) is 14.4. The maximum atomic E-state index is 13.5. The summed E-state index contributed by atoms with van der Waals surface area (Å²) in [6, 6.07) is 8.96. The molecule has 8 heteroatoms. The van der Waals surface area contributed by atoms with Crippen LogP contribution in [-0.2, 0) is 11.2 Å². The Morgan fingerprint density at radius 3 is 2.69 bits per heavy atom. The number of tetrazole rings is 1. The van der Waals surface area contributed by atoms with Gasteiger partial charge < -0.3 is 5.32 Å². The average Bonchev–Trinajstić information content (AvgIpc) is 3.06. The Bertz CT molecular complexity index is 882. The van der Waals surface area contributed by atoms with Gasteiger partial charge in [-0.3, -0.25) is 9.78 Å². The van der Waals surface area contributed by atoms with E-state index >= 15 is 0 Å². The minimum atomic E-state index is -0.684. The molecular weight excluding hydrogens is 335 g/mol. The molecule has 26 heavy (non-hydrogen) atoms. The van der Waals surface area contributed by atoms with E-state index in [1.165, 1.54) is 16.8 Å². The van der Waals surface area contributed by atoms with Gasteiger partial charge in [-0.05, 0) is 59.7 Å². The lowest BCUT2D eigenvalue weighted by molar-refractivity contribution is -0.125. The van der Waals surface area contributed by atoms with Gasteiger partial charge in [0, 0.05) is 18.8 Å². The lowest BCUT2D eigenvalue weighted by atomic mass is 10.0. The predicted molar refractivity (Wildman–Crippen MR) is 92.5 cm³/mol. The van der Waals surface area contributed by atoms with Crippen LogP contribution in [0.1, 0.15) is 36.0 Å². The van der Waals surface area contributed by atoms with E-state index in [2.05, 4.69) is 25.8 Å². The molecule has 134 valence electrons. The van der Waals surface area contributed by atoms with E-state index in [0.29, 0.717) is 11.4 Å². The van der Waals surface area contributed by atoms with Crippen LogP contribution in [0.2, 0.25) is 0 Å². The zero-order valence-corrected chi connectivity index (χ0v) is 14.5. The average molecular weight is 354 g/mol. The van der Waals surface area contributed by atoms with Gasteiger partial charge in [-0.15, -0.1) is 5.10 Å². The van der Waals surface area contributed by atoms with E-state index in [-0.39, 0.29) is 24.2 Å². The summed E-state index contributed by atoms with van der Waals surface area (Å²) < 4.78 is 15.0. The molecule has 0 saturated heterocycles. The second-order valence-corrected chi connectivity index (χ2v) is 6.03. The number of amides is 1. The van der Waals surface area contributed by atoms with Crippen molar-refractivity contribution in [3.05, 3.63) is 71.6 Å². The first-order chi connectivity index (χ1) is 12.5. The summed E-state index contributed by atoms with van der Waals surface area (Å²) in [5.41, 5.74) is 1.63. The molecule has 0 fully saturated rings. The van der Waals surface area contributed by atoms with Gasteiger partial charge in [-0.1, -0.05) is 12.1 Å². The molecule has 0 aliphatic heterocycles. The van der Waals surface area contributed by atoms with Crippen LogP contribution < -0.4 is 5.32 Å². The van der Waals surface area contributed by atoms with Crippen molar-refractivity contribution in [2.45, 2.75) is 32.4 Å². The molecule has 0 aliphatic carbocycles. The summed E-state index contributed by atoms with van der Waals surface area (Å²) in [6.45, 7) is 3.61. The number of pyridine rings is 1. The highest BCUT2D eigenvalue weighted by Crippen LogP contribution is 2.18. The van der Waals surface area contributed by atoms with Gasteiger partial charge in [0.25, 0.3) is 0 Å². The third-order valence-electron chi connectivity index (χ3n) is 4.14. The van der Waals surface area contributed by atoms with Crippen LogP contribution in [0, 0.1) is 12.7 Å². The normalized spacial score (nSPS) is 13.2. The van der Waals surface area contributed by atoms with Gasteiger partial charge >= 0.3 is 0 Å². The van der Waals surface area contributed by atoms with E-state index in [0.717, 1.165) is 5.56 Å². The van der Waals surface area contributed by atoms with Gasteiger partial charge in [0.1, 0.15) is 17.7 Å². The maximum Gasteiger partial charge on any atom is 0.245 e. The van der Waals surface area contributed by atoms with E-state index in [4.69, 9.17) is 0 Å². The standard InChI is InChI=1S/C18H19FN6O/c1-12(15-6-8-20-9-7-15)21-18(26)17(25-13(2)22-23-24-25)11-14-4-3-5-16(19)10-14/h3-10,12,17H,11H2,1-2H3,(H,21,26). The fourth-order valence-corrected chi connectivity index (χ4v) is 2.75. The fourth-order valence-electron chi connectivity index (χ4n) is 2.75. The highest BCUT2D eigenvalue weighted by Gasteiger charge is 2.25. The minimum absolute atomic E-state index is 0.211. The molecule has 1 N–H and O–H groups in total. The minimum Gasteiger partial charge on any atom is -0.348 e. The molecule has 1 aromatic carbocycles. The van der Waals surface area contributed by atoms with Crippen molar-refractivity contribution in [1.29, 1.82) is 0 Å². The Kier molecular flexibility index (Phi) is 5.31. The molecule has 3 rings (SSSR count). The van der Waals surface area contributed by atoms with Gasteiger partial charge in [0.2, 0.25) is 5.91 Å². The monoisotopic (exact) mass is 354 g/mol. The Balaban J connectivity index is 1.83. The van der Waals surface area contributed by atoms with Gasteiger partial charge in [-0.25, -0.2) is 9.07 Å². The summed E-state index contributed by atoms with van der Waals surface area (Å²) in [5.74, 6) is -0.0765. The molecule has 2 heterocycles. The molecule has 1 amide bonds. The zero-order valence-electron chi connectivity index (χ0n) is 14.5. The van der Waals surface area contributed by atoms with Crippen molar-refractivity contribution in [3.63, 3.8) is 0 Å². The Labute approximate surface area is 150 Å². The van der Waals surface area contributed by atoms with Gasteiger partial charge in [0.05, 0.1) is 6.04 Å². The van der Waals surface area contributed by atoms with Crippen LogP contribution in [0.3, 0.4) is 0 Å². The third kappa shape index (κ3) is 4.08. The zero-order chi connectivity index (χ0) is 18.5. The topological polar surface area (TPSA) is 85.6 Å². The Morgan fingerprint density at radius 2 is 2.04 bits per heavy atom. The molecule has 3 aromatic rings. The van der Waals surface area contributed by atoms with Crippen LogP contribution in [-0.4, -0.2) is 31.1 Å². The predicted octanol–water partition coefficient (Wildman–Crippen LogP) is 2.18. The molecule has 2 aromatic heterocycles. The lowest BCUT2D eigenvalue weighted by Gasteiger charge is -2.21. The first kappa shape index (κ1) is 17.7. The van der Waals surface area contributed by atoms with Crippen LogP contribution in [0.5, 0.6) is 0 Å². The summed E-state index contributed by atoms with van der Waals surface area (Å²) in [4.78, 5) is 16.9. The number of rotatable bonds is 6. The number of nitrogens with one attached hydrogen (secondary N) is 1. The first-order valence-electron chi connectivity index (χ1n) is 8.24. The highest BCUT2D eigenvalue weighted by atomic mass is 19.1. The second-order valence-electron chi connectivity index (χ2n) is 6.03. The van der Waals surface area contributed by atoms with E-state index in [1.54, 1.807) is 31.5 Å². The molecule has 0 bridgehead atoms. The van der Waals surface area contributed by atoms with Crippen molar-refractivity contribution >= 4 is 5.91 Å². The quantitative estimate of drug-likeness (QED) is 0.733. The molecular formula is C18H19FN6O. The Hall–Kier alpha value is -3.16. The van der Waals surface area contributed by atoms with Crippen LogP contribution in [0.4, 0.5) is 4.39 Å². The van der Waals surface area contributed by atoms with Crippen LogP contribution in [0.15, 0.2) is 48.8 Å². The smallest absolute Gasteiger partial charge is 0.245 e. The van der Waals surface area contributed by atoms with E-state index in [1.807, 2.05) is 19.1 Å². The number of carbonyl (C=O) groups excluding carboxylic acids is 1. The van der Waals surface area contributed by atoms with Crippen molar-refractivity contribution in [1.82, 2.24) is 30.5 Å². The van der Waals surface area contributed by atoms with E-state index in [9.17, 15) is 9.18 Å². The molecule has 0 radical (unpaired) electrons. The van der Waals surface area contributed by atoms with Gasteiger partial charge in [0.15, 0.2) is 0 Å². The first-order valence-corrected chi connectivity index (χ1v) is 8.24. The molecule has 7 nitrogen and oxygen atoms in total. The number of hydrogen-bond donors (Lipinski definition) is 1. The van der Waals surface area contributed by atoms with Crippen molar-refractivity contribution in [3.8, 4) is 0 Å². The number of carbonyl (C=O) groups is 1. The Morgan fingerprint density at radius 1 is 1.27 bits per heavy atom. The van der Waals surface area contributed by atoms with E-state index < -0.39 is 6.04 Å². The van der Waals surface area contributed by atoms with Crippen molar-refractivity contribution < 1.29 is 9.18 Å². The highest BCUT2D eigenvalue weighted by molar-refractivity contribution is 5.81. The summed E-state index contributed by atoms with van der Waals surface area (Å²) in [7, 11) is 0. The number of halogens is 1. The van der Waals surface area contributed by atoms with Crippen molar-refractivity contribution in [2.24, 2.45) is 0 Å². The fraction of sp³-hybridized carbons (Fsp3) is 0.278. The number of aryl methyl sites for hydroxylation is 1. The third-order valence-corrected chi connectivity index (χ3v) is 4.14. The molecule has 2 unspecified atom stereocenters. The number of benzene rings is 1. The number of nitrogens with zero attached hydrogens (tertiary/aromatic N) is 5. The molecule has 0 aliphatic rings. The number of hydrogen-bond acceptors (Lipinski definition) is 5. The maximum absolute atomic E-state index is 13.5. The SMILES string of the molecule is Cc1nnnn1C(Cc1cccc(F)c1)C(=O)NC(C)c1ccncc1. The summed E-state index contributed by atoms with van der Waals surface area (Å²) >= 11 is 0. The molecule has 2 atom stereocenters. The lowest BCUT2D eigenvalue weighted by Crippen LogP contribution is -2.36. The van der Waals surface area contributed by atoms with Crippen LogP contribution >= 0.6 is 0 Å². The summed E-state index contributed by atoms with van der Waals surface area (Å²) in [6.07, 6.45) is 3.62.